The fourth-order valence-electron chi connectivity index (χ4n) is 4.04. The molecule has 0 spiro atoms. The van der Waals surface area contributed by atoms with E-state index in [2.05, 4.69) is 29.5 Å². The Labute approximate surface area is 154 Å². The Morgan fingerprint density at radius 2 is 2.12 bits per heavy atom. The van der Waals surface area contributed by atoms with Crippen LogP contribution in [-0.2, 0) is 12.8 Å². The van der Waals surface area contributed by atoms with Gasteiger partial charge in [0, 0.05) is 12.1 Å². The Bertz CT molecular complexity index is 890. The van der Waals surface area contributed by atoms with Gasteiger partial charge >= 0.3 is 0 Å². The number of rotatable bonds is 4. The first kappa shape index (κ1) is 16.8. The lowest BCUT2D eigenvalue weighted by Gasteiger charge is -2.32. The van der Waals surface area contributed by atoms with Gasteiger partial charge < -0.3 is 5.32 Å². The molecule has 1 N–H and O–H groups in total. The molecule has 1 heterocycles. The number of carbonyl (C=O) groups excluding carboxylic acids is 1. The summed E-state index contributed by atoms with van der Waals surface area (Å²) in [5, 5.41) is 17.3. The van der Waals surface area contributed by atoms with Crippen LogP contribution in [0.15, 0.2) is 30.3 Å². The second-order valence-corrected chi connectivity index (χ2v) is 7.79. The summed E-state index contributed by atoms with van der Waals surface area (Å²) >= 11 is 0. The lowest BCUT2D eigenvalue weighted by atomic mass is 9.79. The van der Waals surface area contributed by atoms with Crippen molar-refractivity contribution < 1.29 is 4.79 Å². The predicted octanol–water partition coefficient (Wildman–Crippen LogP) is 3.34. The molecule has 2 aromatic rings. The zero-order chi connectivity index (χ0) is 18.3. The van der Waals surface area contributed by atoms with Crippen molar-refractivity contribution in [3.63, 3.8) is 0 Å². The zero-order valence-corrected chi connectivity index (χ0v) is 15.3. The molecule has 0 radical (unpaired) electrons. The summed E-state index contributed by atoms with van der Waals surface area (Å²) in [6.45, 7) is 4.15. The van der Waals surface area contributed by atoms with Gasteiger partial charge in [-0.25, -0.2) is 0 Å². The van der Waals surface area contributed by atoms with Crippen molar-refractivity contribution in [1.82, 2.24) is 15.1 Å². The van der Waals surface area contributed by atoms with Crippen molar-refractivity contribution in [1.29, 1.82) is 5.26 Å². The van der Waals surface area contributed by atoms with E-state index in [1.54, 1.807) is 0 Å². The monoisotopic (exact) mass is 348 g/mol. The molecule has 0 bridgehead atoms. The molecule has 2 unspecified atom stereocenters. The summed E-state index contributed by atoms with van der Waals surface area (Å²) in [7, 11) is 0. The highest BCUT2D eigenvalue weighted by molar-refractivity contribution is 5.93. The maximum Gasteiger partial charge on any atom is 0.273 e. The first-order valence-corrected chi connectivity index (χ1v) is 9.38. The SMILES string of the molecule is Cc1cc(C(=O)NC2(C#N)CCc3ccccc3C2)nn1C(C)C1CC1. The highest BCUT2D eigenvalue weighted by Gasteiger charge is 2.37. The fourth-order valence-corrected chi connectivity index (χ4v) is 4.04. The molecule has 0 aliphatic heterocycles. The number of carbonyl (C=O) groups is 1. The van der Waals surface area contributed by atoms with E-state index in [1.807, 2.05) is 35.9 Å². The highest BCUT2D eigenvalue weighted by Crippen LogP contribution is 2.39. The highest BCUT2D eigenvalue weighted by atomic mass is 16.2. The maximum absolute atomic E-state index is 12.8. The maximum atomic E-state index is 12.8. The van der Waals surface area contributed by atoms with Crippen LogP contribution >= 0.6 is 0 Å². The minimum Gasteiger partial charge on any atom is -0.332 e. The third-order valence-corrected chi connectivity index (χ3v) is 5.84. The molecular weight excluding hydrogens is 324 g/mol. The Morgan fingerprint density at radius 1 is 1.38 bits per heavy atom. The number of fused-ring (bicyclic) bond motifs is 1. The number of nitriles is 1. The number of hydrogen-bond acceptors (Lipinski definition) is 3. The summed E-state index contributed by atoms with van der Waals surface area (Å²) in [5.41, 5.74) is 2.96. The smallest absolute Gasteiger partial charge is 0.273 e. The first-order valence-electron chi connectivity index (χ1n) is 9.38. The fraction of sp³-hybridized carbons (Fsp3) is 0.476. The third kappa shape index (κ3) is 3.01. The molecule has 5 nitrogen and oxygen atoms in total. The van der Waals surface area contributed by atoms with Gasteiger partial charge in [0.2, 0.25) is 0 Å². The van der Waals surface area contributed by atoms with Gasteiger partial charge in [0.15, 0.2) is 0 Å². The van der Waals surface area contributed by atoms with Crippen molar-refractivity contribution in [2.45, 2.75) is 57.5 Å². The number of nitrogens with zero attached hydrogens (tertiary/aromatic N) is 3. The lowest BCUT2D eigenvalue weighted by molar-refractivity contribution is 0.0907. The van der Waals surface area contributed by atoms with Crippen LogP contribution in [0.1, 0.15) is 59.5 Å². The first-order chi connectivity index (χ1) is 12.5. The molecule has 5 heteroatoms. The molecule has 2 atom stereocenters. The largest absolute Gasteiger partial charge is 0.332 e. The zero-order valence-electron chi connectivity index (χ0n) is 15.3. The molecule has 1 aromatic carbocycles. The van der Waals surface area contributed by atoms with Crippen molar-refractivity contribution in [3.8, 4) is 6.07 Å². The predicted molar refractivity (Wildman–Crippen MR) is 98.7 cm³/mol. The molecule has 134 valence electrons. The summed E-state index contributed by atoms with van der Waals surface area (Å²) in [6, 6.07) is 12.7. The topological polar surface area (TPSA) is 70.7 Å². The molecule has 26 heavy (non-hydrogen) atoms. The van der Waals surface area contributed by atoms with Gasteiger partial charge in [-0.2, -0.15) is 10.4 Å². The minimum atomic E-state index is -0.856. The molecule has 1 amide bonds. The number of nitrogens with one attached hydrogen (secondary N) is 1. The van der Waals surface area contributed by atoms with Gasteiger partial charge in [-0.1, -0.05) is 24.3 Å². The van der Waals surface area contributed by atoms with Gasteiger partial charge in [-0.3, -0.25) is 9.48 Å². The summed E-state index contributed by atoms with van der Waals surface area (Å²) < 4.78 is 1.96. The van der Waals surface area contributed by atoms with Crippen LogP contribution in [0.25, 0.3) is 0 Å². The molecule has 2 aliphatic carbocycles. The third-order valence-electron chi connectivity index (χ3n) is 5.84. The van der Waals surface area contributed by atoms with E-state index in [-0.39, 0.29) is 5.91 Å². The van der Waals surface area contributed by atoms with E-state index in [4.69, 9.17) is 0 Å². The van der Waals surface area contributed by atoms with Crippen LogP contribution < -0.4 is 5.32 Å². The normalized spacial score (nSPS) is 23.0. The number of aryl methyl sites for hydroxylation is 2. The Hall–Kier alpha value is -2.61. The molecule has 1 fully saturated rings. The molecule has 0 saturated heterocycles. The summed E-state index contributed by atoms with van der Waals surface area (Å²) in [4.78, 5) is 12.8. The average Bonchev–Trinajstić information content (AvgIpc) is 3.43. The average molecular weight is 348 g/mol. The Morgan fingerprint density at radius 3 is 2.81 bits per heavy atom. The molecule has 2 aliphatic rings. The molecular formula is C21H24N4O. The molecule has 1 saturated carbocycles. The van der Waals surface area contributed by atoms with Crippen LogP contribution in [0.5, 0.6) is 0 Å². The van der Waals surface area contributed by atoms with Gasteiger partial charge in [0.05, 0.1) is 12.1 Å². The number of hydrogen-bond donors (Lipinski definition) is 1. The number of benzene rings is 1. The van der Waals surface area contributed by atoms with Gasteiger partial charge in [-0.05, 0) is 62.6 Å². The van der Waals surface area contributed by atoms with E-state index in [9.17, 15) is 10.1 Å². The van der Waals surface area contributed by atoms with E-state index >= 15 is 0 Å². The standard InChI is InChI=1S/C21H24N4O/c1-14-11-19(24-25(14)15(2)16-7-8-16)20(26)23-21(13-22)10-9-17-5-3-4-6-18(17)12-21/h3-6,11,15-16H,7-10,12H2,1-2H3,(H,23,26). The van der Waals surface area contributed by atoms with Crippen LogP contribution in [0.2, 0.25) is 0 Å². The quantitative estimate of drug-likeness (QED) is 0.921. The van der Waals surface area contributed by atoms with Crippen molar-refractivity contribution in [2.75, 3.05) is 0 Å². The van der Waals surface area contributed by atoms with E-state index in [0.717, 1.165) is 17.7 Å². The minimum absolute atomic E-state index is 0.254. The molecule has 1 aromatic heterocycles. The second-order valence-electron chi connectivity index (χ2n) is 7.79. The Balaban J connectivity index is 1.54. The lowest BCUT2D eigenvalue weighted by Crippen LogP contribution is -2.51. The summed E-state index contributed by atoms with van der Waals surface area (Å²) in [6.07, 6.45) is 4.45. The van der Waals surface area contributed by atoms with Gasteiger partial charge in [0.25, 0.3) is 5.91 Å². The van der Waals surface area contributed by atoms with Crippen LogP contribution in [0.4, 0.5) is 0 Å². The van der Waals surface area contributed by atoms with Crippen molar-refractivity contribution in [3.05, 3.63) is 52.8 Å². The number of amides is 1. The van der Waals surface area contributed by atoms with E-state index in [1.165, 1.54) is 18.4 Å². The van der Waals surface area contributed by atoms with Gasteiger partial charge in [0.1, 0.15) is 11.2 Å². The van der Waals surface area contributed by atoms with Crippen LogP contribution in [0.3, 0.4) is 0 Å². The second kappa shape index (κ2) is 6.28. The van der Waals surface area contributed by atoms with E-state index < -0.39 is 5.54 Å². The van der Waals surface area contributed by atoms with E-state index in [0.29, 0.717) is 30.5 Å². The summed E-state index contributed by atoms with van der Waals surface area (Å²) in [5.74, 6) is 0.417. The molecule has 4 rings (SSSR count). The Kier molecular flexibility index (Phi) is 4.07. The van der Waals surface area contributed by atoms with Crippen molar-refractivity contribution in [2.24, 2.45) is 5.92 Å². The van der Waals surface area contributed by atoms with Gasteiger partial charge in [-0.15, -0.1) is 0 Å². The number of aromatic nitrogens is 2. The van der Waals surface area contributed by atoms with Crippen LogP contribution in [-0.4, -0.2) is 21.2 Å². The van der Waals surface area contributed by atoms with Crippen LogP contribution in [0, 0.1) is 24.2 Å². The van der Waals surface area contributed by atoms with Crippen molar-refractivity contribution >= 4 is 5.91 Å².